The molecule has 1 aromatic carbocycles. The lowest BCUT2D eigenvalue weighted by atomic mass is 10.0. The van der Waals surface area contributed by atoms with Gasteiger partial charge in [0.15, 0.2) is 0 Å². The molecule has 0 aromatic heterocycles. The first-order valence-corrected chi connectivity index (χ1v) is 7.92. The zero-order chi connectivity index (χ0) is 15.0. The summed E-state index contributed by atoms with van der Waals surface area (Å²) in [6.07, 6.45) is 1.18. The maximum absolute atomic E-state index is 3.92. The molecule has 0 unspecified atom stereocenters. The van der Waals surface area contributed by atoms with Crippen LogP contribution in [0.1, 0.15) is 79.4 Å². The van der Waals surface area contributed by atoms with Crippen molar-refractivity contribution in [3.63, 3.8) is 0 Å². The lowest BCUT2D eigenvalue weighted by Gasteiger charge is -2.03. The molecule has 0 N–H and O–H groups in total. The third kappa shape index (κ3) is 20.1. The minimum atomic E-state index is 0. The van der Waals surface area contributed by atoms with Crippen LogP contribution in [0.5, 0.6) is 0 Å². The van der Waals surface area contributed by atoms with Gasteiger partial charge in [0.25, 0.3) is 0 Å². The van der Waals surface area contributed by atoms with Crippen molar-refractivity contribution in [2.45, 2.75) is 75.2 Å². The van der Waals surface area contributed by atoms with E-state index < -0.39 is 0 Å². The molecule has 0 aliphatic rings. The van der Waals surface area contributed by atoms with Crippen molar-refractivity contribution in [2.24, 2.45) is 0 Å². The molecule has 0 fully saturated rings. The molecule has 0 bridgehead atoms. The Kier molecular flexibility index (Phi) is 32.3. The summed E-state index contributed by atoms with van der Waals surface area (Å²) in [6, 6.07) is 8.71. The van der Waals surface area contributed by atoms with E-state index in [2.05, 4.69) is 64.6 Å². The minimum Gasteiger partial charge on any atom is -0.179 e. The topological polar surface area (TPSA) is 0 Å². The Balaban J connectivity index is -0.000000107. The highest BCUT2D eigenvalue weighted by Crippen LogP contribution is 2.13. The summed E-state index contributed by atoms with van der Waals surface area (Å²) >= 11 is 3.92. The highest BCUT2D eigenvalue weighted by Gasteiger charge is 1.95. The van der Waals surface area contributed by atoms with Gasteiger partial charge in [-0.15, -0.1) is 0 Å². The molecule has 0 radical (unpaired) electrons. The fourth-order valence-corrected chi connectivity index (χ4v) is 0.951. The Bertz CT molecular complexity index is 222. The molecule has 0 saturated carbocycles. The third-order valence-corrected chi connectivity index (χ3v) is 2.41. The molecule has 0 aliphatic heterocycles. The van der Waals surface area contributed by atoms with Crippen molar-refractivity contribution < 1.29 is 0 Å². The van der Waals surface area contributed by atoms with Gasteiger partial charge in [-0.25, -0.2) is 0 Å². The van der Waals surface area contributed by atoms with Gasteiger partial charge < -0.3 is 0 Å². The standard InChI is InChI=1S/C10H14.C3H8S.2C2H6.CH4/c1-8(2)10-6-4-9(3)5-7-10;1-2-3-4;2*1-2;/h4-8H,1-3H3;4H,2-3H2,1H3;2*1-2H3;1H4. The van der Waals surface area contributed by atoms with Gasteiger partial charge in [-0.2, -0.15) is 12.6 Å². The number of benzene rings is 1. The average Bonchev–Trinajstić information content (AvgIpc) is 2.44. The maximum Gasteiger partial charge on any atom is -0.0101 e. The van der Waals surface area contributed by atoms with Crippen LogP contribution in [0.2, 0.25) is 0 Å². The van der Waals surface area contributed by atoms with Crippen LogP contribution in [0.3, 0.4) is 0 Å². The molecule has 0 heterocycles. The summed E-state index contributed by atoms with van der Waals surface area (Å²) in [4.78, 5) is 0. The molecule has 0 spiro atoms. The molecule has 19 heavy (non-hydrogen) atoms. The second kappa shape index (κ2) is 22.7. The van der Waals surface area contributed by atoms with Gasteiger partial charge >= 0.3 is 0 Å². The van der Waals surface area contributed by atoms with Gasteiger partial charge in [0.05, 0.1) is 0 Å². The Morgan fingerprint density at radius 1 is 0.947 bits per heavy atom. The first-order chi connectivity index (χ1) is 8.61. The highest BCUT2D eigenvalue weighted by molar-refractivity contribution is 7.80. The van der Waals surface area contributed by atoms with E-state index in [0.717, 1.165) is 5.75 Å². The van der Waals surface area contributed by atoms with E-state index in [0.29, 0.717) is 5.92 Å². The summed E-state index contributed by atoms with van der Waals surface area (Å²) < 4.78 is 0. The summed E-state index contributed by atoms with van der Waals surface area (Å²) in [5.41, 5.74) is 2.76. The summed E-state index contributed by atoms with van der Waals surface area (Å²) in [6.45, 7) is 16.6. The summed E-state index contributed by atoms with van der Waals surface area (Å²) in [5.74, 6) is 1.67. The van der Waals surface area contributed by atoms with Crippen LogP contribution in [0.25, 0.3) is 0 Å². The lowest BCUT2D eigenvalue weighted by Crippen LogP contribution is -1.85. The molecule has 0 atom stereocenters. The molecule has 0 nitrogen and oxygen atoms in total. The summed E-state index contributed by atoms with van der Waals surface area (Å²) in [7, 11) is 0. The van der Waals surface area contributed by atoms with Crippen molar-refractivity contribution in [3.05, 3.63) is 35.4 Å². The van der Waals surface area contributed by atoms with Crippen LogP contribution in [0, 0.1) is 6.92 Å². The molecule has 0 amide bonds. The van der Waals surface area contributed by atoms with Crippen molar-refractivity contribution in [1.82, 2.24) is 0 Å². The van der Waals surface area contributed by atoms with Gasteiger partial charge in [-0.05, 0) is 30.6 Å². The Morgan fingerprint density at radius 2 is 1.26 bits per heavy atom. The number of thiol groups is 1. The van der Waals surface area contributed by atoms with Crippen LogP contribution in [-0.4, -0.2) is 5.75 Å². The van der Waals surface area contributed by atoms with Gasteiger partial charge in [0, 0.05) is 0 Å². The van der Waals surface area contributed by atoms with E-state index in [1.807, 2.05) is 27.7 Å². The van der Waals surface area contributed by atoms with Gasteiger partial charge in [-0.3, -0.25) is 0 Å². The zero-order valence-corrected chi connectivity index (χ0v) is 14.6. The number of hydrogen-bond acceptors (Lipinski definition) is 1. The number of hydrogen-bond donors (Lipinski definition) is 1. The molecule has 1 heteroatoms. The quantitative estimate of drug-likeness (QED) is 0.549. The van der Waals surface area contributed by atoms with E-state index >= 15 is 0 Å². The van der Waals surface area contributed by atoms with E-state index in [1.54, 1.807) is 0 Å². The summed E-state index contributed by atoms with van der Waals surface area (Å²) in [5, 5.41) is 0. The SMILES string of the molecule is C.CC.CC.CCCS.Cc1ccc(C(C)C)cc1. The number of rotatable bonds is 2. The van der Waals surface area contributed by atoms with Gasteiger partial charge in [0.1, 0.15) is 0 Å². The molecule has 0 saturated heterocycles. The molecular formula is C18H38S. The number of aryl methyl sites for hydroxylation is 1. The predicted octanol–water partition coefficient (Wildman–Crippen LogP) is 7.13. The zero-order valence-electron chi connectivity index (χ0n) is 13.7. The van der Waals surface area contributed by atoms with E-state index in [1.165, 1.54) is 17.5 Å². The molecule has 1 aromatic rings. The molecule has 116 valence electrons. The Labute approximate surface area is 129 Å². The Morgan fingerprint density at radius 3 is 1.47 bits per heavy atom. The van der Waals surface area contributed by atoms with E-state index in [4.69, 9.17) is 0 Å². The van der Waals surface area contributed by atoms with Crippen molar-refractivity contribution in [1.29, 1.82) is 0 Å². The maximum atomic E-state index is 3.92. The van der Waals surface area contributed by atoms with Crippen LogP contribution in [-0.2, 0) is 0 Å². The molecule has 1 rings (SSSR count). The fraction of sp³-hybridized carbons (Fsp3) is 0.667. The molecular weight excluding hydrogens is 248 g/mol. The monoisotopic (exact) mass is 286 g/mol. The predicted molar refractivity (Wildman–Crippen MR) is 98.8 cm³/mol. The second-order valence-electron chi connectivity index (χ2n) is 3.79. The Hall–Kier alpha value is -0.430. The second-order valence-corrected chi connectivity index (χ2v) is 4.24. The first kappa shape index (κ1) is 27.0. The largest absolute Gasteiger partial charge is 0.179 e. The normalized spacial score (nSPS) is 7.68. The van der Waals surface area contributed by atoms with Gasteiger partial charge in [0.2, 0.25) is 0 Å². The van der Waals surface area contributed by atoms with Crippen molar-refractivity contribution in [3.8, 4) is 0 Å². The van der Waals surface area contributed by atoms with Crippen molar-refractivity contribution >= 4 is 12.6 Å². The smallest absolute Gasteiger partial charge is 0.0101 e. The van der Waals surface area contributed by atoms with Crippen LogP contribution < -0.4 is 0 Å². The van der Waals surface area contributed by atoms with Crippen molar-refractivity contribution in [2.75, 3.05) is 5.75 Å². The minimum absolute atomic E-state index is 0. The van der Waals surface area contributed by atoms with Crippen LogP contribution in [0.15, 0.2) is 24.3 Å². The third-order valence-electron chi connectivity index (χ3n) is 1.97. The van der Waals surface area contributed by atoms with E-state index in [-0.39, 0.29) is 7.43 Å². The molecule has 0 aliphatic carbocycles. The van der Waals surface area contributed by atoms with Crippen LogP contribution in [0.4, 0.5) is 0 Å². The highest BCUT2D eigenvalue weighted by atomic mass is 32.1. The first-order valence-electron chi connectivity index (χ1n) is 7.29. The van der Waals surface area contributed by atoms with Gasteiger partial charge in [-0.1, -0.05) is 85.7 Å². The lowest BCUT2D eigenvalue weighted by molar-refractivity contribution is 0.866. The fourth-order valence-electron chi connectivity index (χ4n) is 0.951. The van der Waals surface area contributed by atoms with Crippen LogP contribution >= 0.6 is 12.6 Å². The van der Waals surface area contributed by atoms with E-state index in [9.17, 15) is 0 Å². The average molecular weight is 287 g/mol.